The van der Waals surface area contributed by atoms with E-state index in [1.807, 2.05) is 0 Å². The van der Waals surface area contributed by atoms with E-state index in [1.165, 1.54) is 6.33 Å². The van der Waals surface area contributed by atoms with Crippen LogP contribution in [-0.2, 0) is 15.6 Å². The van der Waals surface area contributed by atoms with Gasteiger partial charge in [0.25, 0.3) is 0 Å². The zero-order valence-corrected chi connectivity index (χ0v) is 12.4. The van der Waals surface area contributed by atoms with Crippen molar-refractivity contribution in [2.75, 3.05) is 24.7 Å². The van der Waals surface area contributed by atoms with Crippen LogP contribution in [0, 0.1) is 5.92 Å². The lowest BCUT2D eigenvalue weighted by Gasteiger charge is -2.15. The molecular weight excluding hydrogens is 315 g/mol. The molecule has 0 aliphatic carbocycles. The van der Waals surface area contributed by atoms with E-state index < -0.39 is 13.7 Å². The predicted octanol–water partition coefficient (Wildman–Crippen LogP) is -0.901. The van der Waals surface area contributed by atoms with Crippen molar-refractivity contribution in [1.82, 2.24) is 19.5 Å². The summed E-state index contributed by atoms with van der Waals surface area (Å²) < 4.78 is 16.7. The second-order valence-corrected chi connectivity index (χ2v) is 5.94. The van der Waals surface area contributed by atoms with Gasteiger partial charge in [-0.25, -0.2) is 9.55 Å². The molecular formula is C10H17N6O5P. The molecule has 0 aromatic carbocycles. The van der Waals surface area contributed by atoms with Crippen molar-refractivity contribution in [3.63, 3.8) is 0 Å². The van der Waals surface area contributed by atoms with E-state index in [1.54, 1.807) is 4.57 Å². The van der Waals surface area contributed by atoms with Gasteiger partial charge in [-0.3, -0.25) is 4.52 Å². The molecule has 0 amide bonds. The molecule has 0 radical (unpaired) electrons. The highest BCUT2D eigenvalue weighted by Crippen LogP contribution is 2.36. The first-order chi connectivity index (χ1) is 10.3. The number of fused-ring (bicyclic) bond motifs is 1. The van der Waals surface area contributed by atoms with Gasteiger partial charge in [0.2, 0.25) is 5.95 Å². The number of imidazole rings is 1. The number of phosphoric ester groups is 1. The van der Waals surface area contributed by atoms with Crippen molar-refractivity contribution in [2.24, 2.45) is 5.92 Å². The first kappa shape index (κ1) is 16.6. The van der Waals surface area contributed by atoms with Crippen LogP contribution in [0.3, 0.4) is 0 Å². The minimum Gasteiger partial charge on any atom is -0.396 e. The Labute approximate surface area is 125 Å². The Bertz CT molecular complexity index is 700. The summed E-state index contributed by atoms with van der Waals surface area (Å²) >= 11 is 0. The largest absolute Gasteiger partial charge is 0.469 e. The maximum atomic E-state index is 10.7. The van der Waals surface area contributed by atoms with Crippen LogP contribution in [0.4, 0.5) is 11.8 Å². The van der Waals surface area contributed by atoms with Crippen LogP contribution < -0.4 is 11.5 Å². The molecule has 1 unspecified atom stereocenters. The fraction of sp³-hybridized carbons (Fsp3) is 0.500. The van der Waals surface area contributed by atoms with Gasteiger partial charge in [0.05, 0.1) is 12.9 Å². The minimum atomic E-state index is -4.55. The van der Waals surface area contributed by atoms with Crippen LogP contribution in [0.5, 0.6) is 0 Å². The number of aliphatic hydroxyl groups is 1. The molecule has 122 valence electrons. The normalized spacial score (nSPS) is 13.6. The van der Waals surface area contributed by atoms with Crippen LogP contribution in [-0.4, -0.2) is 47.6 Å². The smallest absolute Gasteiger partial charge is 0.396 e. The van der Waals surface area contributed by atoms with Gasteiger partial charge in [0.15, 0.2) is 11.5 Å². The summed E-state index contributed by atoms with van der Waals surface area (Å²) in [6, 6.07) is 0. The molecule has 1 atom stereocenters. The number of nitrogen functional groups attached to an aromatic ring is 2. The van der Waals surface area contributed by atoms with Gasteiger partial charge in [-0.2, -0.15) is 9.97 Å². The SMILES string of the molecule is Nc1nc(N)c2ncn(CCC(CO)COP(=O)(O)O)c2n1. The number of anilines is 2. The summed E-state index contributed by atoms with van der Waals surface area (Å²) in [6.07, 6.45) is 1.90. The molecule has 0 aliphatic rings. The molecule has 2 aromatic heterocycles. The zero-order chi connectivity index (χ0) is 16.3. The number of nitrogens with zero attached hydrogens (tertiary/aromatic N) is 4. The van der Waals surface area contributed by atoms with Gasteiger partial charge < -0.3 is 30.9 Å². The van der Waals surface area contributed by atoms with Gasteiger partial charge in [-0.15, -0.1) is 0 Å². The van der Waals surface area contributed by atoms with E-state index >= 15 is 0 Å². The van der Waals surface area contributed by atoms with Crippen LogP contribution in [0.25, 0.3) is 11.2 Å². The number of aromatic nitrogens is 4. The Morgan fingerprint density at radius 3 is 2.73 bits per heavy atom. The third-order valence-corrected chi connectivity index (χ3v) is 3.51. The van der Waals surface area contributed by atoms with Gasteiger partial charge in [0.1, 0.15) is 5.52 Å². The quantitative estimate of drug-likeness (QED) is 0.398. The molecule has 11 nitrogen and oxygen atoms in total. The lowest BCUT2D eigenvalue weighted by molar-refractivity contribution is 0.122. The fourth-order valence-electron chi connectivity index (χ4n) is 1.90. The summed E-state index contributed by atoms with van der Waals surface area (Å²) in [5.41, 5.74) is 12.1. The molecule has 0 aliphatic heterocycles. The van der Waals surface area contributed by atoms with Crippen LogP contribution in [0.1, 0.15) is 6.42 Å². The Morgan fingerprint density at radius 1 is 1.36 bits per heavy atom. The van der Waals surface area contributed by atoms with E-state index in [2.05, 4.69) is 19.5 Å². The van der Waals surface area contributed by atoms with E-state index in [-0.39, 0.29) is 25.0 Å². The minimum absolute atomic E-state index is 0.0234. The number of rotatable bonds is 7. The van der Waals surface area contributed by atoms with E-state index in [0.717, 1.165) is 0 Å². The van der Waals surface area contributed by atoms with Gasteiger partial charge >= 0.3 is 7.82 Å². The topological polar surface area (TPSA) is 183 Å². The second kappa shape index (κ2) is 6.55. The molecule has 0 fully saturated rings. The second-order valence-electron chi connectivity index (χ2n) is 4.70. The number of hydrogen-bond donors (Lipinski definition) is 5. The Balaban J connectivity index is 2.06. The molecule has 0 saturated carbocycles. The van der Waals surface area contributed by atoms with Crippen LogP contribution >= 0.6 is 7.82 Å². The molecule has 12 heteroatoms. The summed E-state index contributed by atoms with van der Waals surface area (Å²) in [5, 5.41) is 9.23. The summed E-state index contributed by atoms with van der Waals surface area (Å²) in [7, 11) is -4.55. The molecule has 2 heterocycles. The monoisotopic (exact) mass is 332 g/mol. The lowest BCUT2D eigenvalue weighted by Crippen LogP contribution is -2.16. The maximum absolute atomic E-state index is 10.7. The molecule has 0 saturated heterocycles. The van der Waals surface area contributed by atoms with Crippen molar-refractivity contribution in [2.45, 2.75) is 13.0 Å². The fourth-order valence-corrected chi connectivity index (χ4v) is 2.30. The Hall–Kier alpha value is -1.78. The lowest BCUT2D eigenvalue weighted by atomic mass is 10.1. The van der Waals surface area contributed by atoms with Crippen molar-refractivity contribution in [3.8, 4) is 0 Å². The number of hydrogen-bond acceptors (Lipinski definition) is 8. The third kappa shape index (κ3) is 4.12. The van der Waals surface area contributed by atoms with Crippen LogP contribution in [0.15, 0.2) is 6.33 Å². The van der Waals surface area contributed by atoms with E-state index in [9.17, 15) is 9.67 Å². The summed E-state index contributed by atoms with van der Waals surface area (Å²) in [6.45, 7) is -0.138. The molecule has 0 bridgehead atoms. The van der Waals surface area contributed by atoms with Gasteiger partial charge in [-0.1, -0.05) is 0 Å². The van der Waals surface area contributed by atoms with Crippen molar-refractivity contribution >= 4 is 30.8 Å². The summed E-state index contributed by atoms with van der Waals surface area (Å²) in [4.78, 5) is 29.3. The Morgan fingerprint density at radius 2 is 2.09 bits per heavy atom. The predicted molar refractivity (Wildman–Crippen MR) is 77.3 cm³/mol. The molecule has 2 rings (SSSR count). The first-order valence-electron chi connectivity index (χ1n) is 6.35. The number of nitrogens with two attached hydrogens (primary N) is 2. The van der Waals surface area contributed by atoms with Crippen molar-refractivity contribution in [3.05, 3.63) is 6.33 Å². The standard InChI is InChI=1S/C10H17N6O5P/c11-8-7-9(15-10(12)14-8)16(5-13-7)2-1-6(3-17)4-21-22(18,19)20/h5-6,17H,1-4H2,(H2,18,19,20)(H4,11,12,14,15). The highest BCUT2D eigenvalue weighted by Gasteiger charge is 2.18. The van der Waals surface area contributed by atoms with Crippen molar-refractivity contribution < 1.29 is 24.0 Å². The Kier molecular flexibility index (Phi) is 4.94. The summed E-state index contributed by atoms with van der Waals surface area (Å²) in [5.74, 6) is -0.248. The highest BCUT2D eigenvalue weighted by molar-refractivity contribution is 7.46. The molecule has 0 spiro atoms. The first-order valence-corrected chi connectivity index (χ1v) is 7.88. The third-order valence-electron chi connectivity index (χ3n) is 3.02. The average Bonchev–Trinajstić information content (AvgIpc) is 2.81. The number of phosphoric acid groups is 1. The van der Waals surface area contributed by atoms with E-state index in [0.29, 0.717) is 24.1 Å². The van der Waals surface area contributed by atoms with Crippen LogP contribution in [0.2, 0.25) is 0 Å². The number of aliphatic hydroxyl groups excluding tert-OH is 1. The van der Waals surface area contributed by atoms with Gasteiger partial charge in [-0.05, 0) is 6.42 Å². The molecule has 7 N–H and O–H groups in total. The molecule has 2 aromatic rings. The van der Waals surface area contributed by atoms with Gasteiger partial charge in [0, 0.05) is 19.1 Å². The number of aryl methyl sites for hydroxylation is 1. The van der Waals surface area contributed by atoms with Crippen molar-refractivity contribution in [1.29, 1.82) is 0 Å². The average molecular weight is 332 g/mol. The highest BCUT2D eigenvalue weighted by atomic mass is 31.2. The zero-order valence-electron chi connectivity index (χ0n) is 11.5. The molecule has 22 heavy (non-hydrogen) atoms. The van der Waals surface area contributed by atoms with E-state index in [4.69, 9.17) is 21.3 Å². The maximum Gasteiger partial charge on any atom is 0.469 e.